The zero-order valence-corrected chi connectivity index (χ0v) is 14.0. The number of hydrogen-bond donors (Lipinski definition) is 3. The maximum absolute atomic E-state index is 11.2. The number of hydrogen-bond acceptors (Lipinski definition) is 9. The first-order valence-corrected chi connectivity index (χ1v) is 8.21. The van der Waals surface area contributed by atoms with Gasteiger partial charge in [0.2, 0.25) is 0 Å². The van der Waals surface area contributed by atoms with Gasteiger partial charge in [-0.1, -0.05) is 12.1 Å². The Hall–Kier alpha value is -3.15. The summed E-state index contributed by atoms with van der Waals surface area (Å²) >= 11 is 0. The molecule has 0 spiro atoms. The number of nitro groups is 1. The molecular formula is C16H16N6O5. The lowest BCUT2D eigenvalue weighted by Crippen LogP contribution is -2.24. The molecule has 3 atom stereocenters. The Balaban J connectivity index is 1.69. The van der Waals surface area contributed by atoms with Crippen molar-refractivity contribution in [2.75, 3.05) is 11.9 Å². The molecule has 0 aliphatic carbocycles. The monoisotopic (exact) mass is 372 g/mol. The summed E-state index contributed by atoms with van der Waals surface area (Å²) in [5.74, 6) is 0.310. The highest BCUT2D eigenvalue weighted by Gasteiger charge is 2.35. The van der Waals surface area contributed by atoms with Crippen LogP contribution >= 0.6 is 0 Å². The van der Waals surface area contributed by atoms with Crippen LogP contribution in [0, 0.1) is 10.1 Å². The van der Waals surface area contributed by atoms with Gasteiger partial charge >= 0.3 is 0 Å². The van der Waals surface area contributed by atoms with Gasteiger partial charge in [0.1, 0.15) is 24.3 Å². The Morgan fingerprint density at radius 1 is 1.33 bits per heavy atom. The fraction of sp³-hybridized carbons (Fsp3) is 0.312. The largest absolute Gasteiger partial charge is 0.394 e. The molecule has 11 heteroatoms. The third-order valence-corrected chi connectivity index (χ3v) is 4.41. The number of benzene rings is 1. The fourth-order valence-corrected chi connectivity index (χ4v) is 3.07. The summed E-state index contributed by atoms with van der Waals surface area (Å²) in [6.07, 6.45) is 1.11. The Bertz CT molecular complexity index is 992. The topological polar surface area (TPSA) is 148 Å². The third-order valence-electron chi connectivity index (χ3n) is 4.41. The second-order valence-corrected chi connectivity index (χ2v) is 6.06. The van der Waals surface area contributed by atoms with Gasteiger partial charge in [0.15, 0.2) is 17.0 Å². The van der Waals surface area contributed by atoms with E-state index in [0.29, 0.717) is 17.0 Å². The van der Waals surface area contributed by atoms with E-state index >= 15 is 0 Å². The van der Waals surface area contributed by atoms with Crippen molar-refractivity contribution >= 4 is 28.4 Å². The van der Waals surface area contributed by atoms with Crippen molar-refractivity contribution in [3.63, 3.8) is 0 Å². The smallest absolute Gasteiger partial charge is 0.292 e. The number of aliphatic hydroxyl groups is 2. The van der Waals surface area contributed by atoms with Gasteiger partial charge in [-0.25, -0.2) is 15.0 Å². The standard InChI is InChI=1S/C16H16N6O5/c23-6-12-11(24)5-13(27-12)21-8-19-14-15(17-7-18-16(14)21)20-9-3-1-2-4-10(9)22(25)26/h1-4,7-8,11-13,23-24H,5-6H2,(H,17,18,20)/t11-,12+,13+/m0/s1. The number of nitrogens with one attached hydrogen (secondary N) is 1. The van der Waals surface area contributed by atoms with Crippen LogP contribution < -0.4 is 5.32 Å². The van der Waals surface area contributed by atoms with Crippen LogP contribution in [0.3, 0.4) is 0 Å². The van der Waals surface area contributed by atoms with E-state index in [1.165, 1.54) is 18.7 Å². The van der Waals surface area contributed by atoms with E-state index in [2.05, 4.69) is 20.3 Å². The van der Waals surface area contributed by atoms with Crippen LogP contribution in [-0.4, -0.2) is 53.5 Å². The zero-order chi connectivity index (χ0) is 19.0. The minimum atomic E-state index is -0.788. The molecule has 1 fully saturated rings. The summed E-state index contributed by atoms with van der Waals surface area (Å²) in [5, 5.41) is 33.3. The Morgan fingerprint density at radius 3 is 2.89 bits per heavy atom. The lowest BCUT2D eigenvalue weighted by atomic mass is 10.2. The predicted octanol–water partition coefficient (Wildman–Crippen LogP) is 1.12. The predicted molar refractivity (Wildman–Crippen MR) is 93.3 cm³/mol. The minimum Gasteiger partial charge on any atom is -0.394 e. The number of fused-ring (bicyclic) bond motifs is 1. The molecule has 3 heterocycles. The van der Waals surface area contributed by atoms with Gasteiger partial charge in [0.25, 0.3) is 5.69 Å². The Morgan fingerprint density at radius 2 is 2.15 bits per heavy atom. The summed E-state index contributed by atoms with van der Waals surface area (Å²) in [6, 6.07) is 6.22. The molecule has 4 rings (SSSR count). The summed E-state index contributed by atoms with van der Waals surface area (Å²) in [4.78, 5) is 23.4. The van der Waals surface area contributed by atoms with Crippen LogP contribution in [0.2, 0.25) is 0 Å². The van der Waals surface area contributed by atoms with Crippen molar-refractivity contribution in [2.45, 2.75) is 24.9 Å². The van der Waals surface area contributed by atoms with Crippen LogP contribution in [0.1, 0.15) is 12.6 Å². The van der Waals surface area contributed by atoms with Gasteiger partial charge < -0.3 is 20.3 Å². The number of rotatable bonds is 5. The van der Waals surface area contributed by atoms with Crippen LogP contribution in [0.5, 0.6) is 0 Å². The molecule has 2 aromatic heterocycles. The lowest BCUT2D eigenvalue weighted by molar-refractivity contribution is -0.383. The maximum atomic E-state index is 11.2. The second kappa shape index (κ2) is 6.87. The van der Waals surface area contributed by atoms with Crippen molar-refractivity contribution in [3.05, 3.63) is 47.0 Å². The highest BCUT2D eigenvalue weighted by atomic mass is 16.6. The SMILES string of the molecule is O=[N+]([O-])c1ccccc1Nc1ncnc2c1ncn2[C@H]1C[C@H](O)[C@@H](CO)O1. The molecule has 0 unspecified atom stereocenters. The molecule has 1 aliphatic rings. The first kappa shape index (κ1) is 17.3. The van der Waals surface area contributed by atoms with Gasteiger partial charge in [0, 0.05) is 12.5 Å². The molecule has 0 bridgehead atoms. The molecule has 1 aromatic carbocycles. The minimum absolute atomic E-state index is 0.0864. The number of para-hydroxylation sites is 2. The van der Waals surface area contributed by atoms with Gasteiger partial charge in [-0.15, -0.1) is 0 Å². The number of aromatic nitrogens is 4. The average Bonchev–Trinajstić information content (AvgIpc) is 3.25. The molecule has 3 N–H and O–H groups in total. The Labute approximate surface area is 152 Å². The second-order valence-electron chi connectivity index (χ2n) is 6.06. The maximum Gasteiger partial charge on any atom is 0.292 e. The summed E-state index contributed by atoms with van der Waals surface area (Å²) in [6.45, 7) is -0.288. The van der Waals surface area contributed by atoms with Gasteiger partial charge in [-0.2, -0.15) is 0 Å². The van der Waals surface area contributed by atoms with Gasteiger partial charge in [-0.05, 0) is 6.07 Å². The molecule has 1 saturated heterocycles. The first-order chi connectivity index (χ1) is 13.1. The van der Waals surface area contributed by atoms with E-state index in [0.717, 1.165) is 0 Å². The highest BCUT2D eigenvalue weighted by Crippen LogP contribution is 2.33. The van der Waals surface area contributed by atoms with Crippen LogP contribution in [-0.2, 0) is 4.74 Å². The molecule has 1 aliphatic heterocycles. The first-order valence-electron chi connectivity index (χ1n) is 8.21. The fourth-order valence-electron chi connectivity index (χ4n) is 3.07. The van der Waals surface area contributed by atoms with E-state index in [9.17, 15) is 20.3 Å². The molecule has 11 nitrogen and oxygen atoms in total. The third kappa shape index (κ3) is 3.07. The van der Waals surface area contributed by atoms with Crippen molar-refractivity contribution in [2.24, 2.45) is 0 Å². The average molecular weight is 372 g/mol. The summed E-state index contributed by atoms with van der Waals surface area (Å²) < 4.78 is 7.28. The van der Waals surface area contributed by atoms with Gasteiger partial charge in [-0.3, -0.25) is 14.7 Å². The van der Waals surface area contributed by atoms with Crippen molar-refractivity contribution < 1.29 is 19.9 Å². The van der Waals surface area contributed by atoms with Crippen LogP contribution in [0.4, 0.5) is 17.2 Å². The molecule has 0 radical (unpaired) electrons. The lowest BCUT2D eigenvalue weighted by Gasteiger charge is -2.13. The quantitative estimate of drug-likeness (QED) is 0.442. The van der Waals surface area contributed by atoms with E-state index in [1.807, 2.05) is 0 Å². The molecule has 0 amide bonds. The van der Waals surface area contributed by atoms with Crippen molar-refractivity contribution in [1.82, 2.24) is 19.5 Å². The number of anilines is 2. The van der Waals surface area contributed by atoms with E-state index < -0.39 is 23.4 Å². The number of aliphatic hydroxyl groups excluding tert-OH is 2. The summed E-state index contributed by atoms with van der Waals surface area (Å²) in [5.41, 5.74) is 1.05. The van der Waals surface area contributed by atoms with Crippen LogP contribution in [0.25, 0.3) is 11.2 Å². The molecular weight excluding hydrogens is 356 g/mol. The van der Waals surface area contributed by atoms with E-state index in [1.54, 1.807) is 22.8 Å². The number of ether oxygens (including phenoxy) is 1. The van der Waals surface area contributed by atoms with Crippen molar-refractivity contribution in [1.29, 1.82) is 0 Å². The normalized spacial score (nSPS) is 22.2. The highest BCUT2D eigenvalue weighted by molar-refractivity contribution is 5.86. The zero-order valence-electron chi connectivity index (χ0n) is 14.0. The van der Waals surface area contributed by atoms with E-state index in [4.69, 9.17) is 4.74 Å². The number of nitrogens with zero attached hydrogens (tertiary/aromatic N) is 5. The van der Waals surface area contributed by atoms with Crippen molar-refractivity contribution in [3.8, 4) is 0 Å². The summed E-state index contributed by atoms with van der Waals surface area (Å²) in [7, 11) is 0. The molecule has 0 saturated carbocycles. The molecule has 140 valence electrons. The number of imidazole rings is 1. The molecule has 27 heavy (non-hydrogen) atoms. The Kier molecular flexibility index (Phi) is 4.39. The molecule has 3 aromatic rings. The van der Waals surface area contributed by atoms with Gasteiger partial charge in [0.05, 0.1) is 24.0 Å². The number of nitro benzene ring substituents is 1. The van der Waals surface area contributed by atoms with Crippen LogP contribution in [0.15, 0.2) is 36.9 Å². The van der Waals surface area contributed by atoms with E-state index in [-0.39, 0.29) is 24.4 Å².